The predicted molar refractivity (Wildman–Crippen MR) is 57.2 cm³/mol. The molecule has 94 valence electrons. The molecule has 1 aromatic carbocycles. The van der Waals surface area contributed by atoms with Gasteiger partial charge >= 0.3 is 6.18 Å². The fourth-order valence-corrected chi connectivity index (χ4v) is 3.31. The van der Waals surface area contributed by atoms with Gasteiger partial charge in [-0.05, 0) is 30.7 Å². The average Bonchev–Trinajstić information content (AvgIpc) is 2.57. The van der Waals surface area contributed by atoms with Crippen LogP contribution in [0.4, 0.5) is 18.9 Å². The van der Waals surface area contributed by atoms with Crippen LogP contribution in [0.2, 0.25) is 0 Å². The Morgan fingerprint density at radius 1 is 1.12 bits per heavy atom. The van der Waals surface area contributed by atoms with Crippen LogP contribution < -0.4 is 4.31 Å². The van der Waals surface area contributed by atoms with E-state index >= 15 is 0 Å². The smallest absolute Gasteiger partial charge is 0.270 e. The summed E-state index contributed by atoms with van der Waals surface area (Å²) in [6.45, 7) is 0.327. The third kappa shape index (κ3) is 2.38. The summed E-state index contributed by atoms with van der Waals surface area (Å²) in [5.41, 5.74) is -0.492. The molecule has 17 heavy (non-hydrogen) atoms. The number of sulfonamides is 1. The Bertz CT molecular complexity index is 507. The first kappa shape index (κ1) is 12.2. The SMILES string of the molecule is O=S1(=O)CCCN1c1ccc(C(F)(F)F)cc1. The maximum Gasteiger partial charge on any atom is 0.416 e. The van der Waals surface area contributed by atoms with Crippen molar-refractivity contribution in [3.8, 4) is 0 Å². The minimum atomic E-state index is -4.40. The standard InChI is InChI=1S/C10H10F3NO2S/c11-10(12,13)8-2-4-9(5-3-8)14-6-1-7-17(14,15)16/h2-5H,1,6-7H2. The fraction of sp³-hybridized carbons (Fsp3) is 0.400. The van der Waals surface area contributed by atoms with Crippen molar-refractivity contribution < 1.29 is 21.6 Å². The Morgan fingerprint density at radius 2 is 1.71 bits per heavy atom. The quantitative estimate of drug-likeness (QED) is 0.781. The van der Waals surface area contributed by atoms with Gasteiger partial charge in [-0.15, -0.1) is 0 Å². The van der Waals surface area contributed by atoms with E-state index in [1.807, 2.05) is 0 Å². The van der Waals surface area contributed by atoms with Crippen LogP contribution in [0.5, 0.6) is 0 Å². The van der Waals surface area contributed by atoms with Gasteiger partial charge in [-0.25, -0.2) is 8.42 Å². The van der Waals surface area contributed by atoms with Crippen molar-refractivity contribution in [2.45, 2.75) is 12.6 Å². The van der Waals surface area contributed by atoms with Gasteiger partial charge in [0, 0.05) is 6.54 Å². The van der Waals surface area contributed by atoms with Crippen LogP contribution in [0.15, 0.2) is 24.3 Å². The summed E-state index contributed by atoms with van der Waals surface area (Å²) in [5.74, 6) is 0.0496. The molecule has 1 aliphatic rings. The molecule has 0 amide bonds. The van der Waals surface area contributed by atoms with E-state index in [9.17, 15) is 21.6 Å². The summed E-state index contributed by atoms with van der Waals surface area (Å²) >= 11 is 0. The van der Waals surface area contributed by atoms with E-state index in [1.165, 1.54) is 12.1 Å². The molecule has 1 saturated heterocycles. The van der Waals surface area contributed by atoms with Crippen LogP contribution in [0, 0.1) is 0 Å². The third-order valence-electron chi connectivity index (χ3n) is 2.58. The minimum Gasteiger partial charge on any atom is -0.270 e. The first-order valence-corrected chi connectivity index (χ1v) is 6.59. The summed E-state index contributed by atoms with van der Waals surface area (Å²) in [5, 5.41) is 0. The van der Waals surface area contributed by atoms with Gasteiger partial charge in [0.1, 0.15) is 0 Å². The normalized spacial score (nSPS) is 19.6. The molecular formula is C10H10F3NO2S. The van der Waals surface area contributed by atoms with Crippen LogP contribution in [-0.4, -0.2) is 20.7 Å². The van der Waals surface area contributed by atoms with Crippen LogP contribution in [0.1, 0.15) is 12.0 Å². The minimum absolute atomic E-state index is 0.0496. The molecule has 1 fully saturated rings. The Morgan fingerprint density at radius 3 is 2.12 bits per heavy atom. The molecule has 1 heterocycles. The largest absolute Gasteiger partial charge is 0.416 e. The van der Waals surface area contributed by atoms with E-state index in [0.717, 1.165) is 16.4 Å². The number of alkyl halides is 3. The van der Waals surface area contributed by atoms with Gasteiger partial charge < -0.3 is 0 Å². The Balaban J connectivity index is 2.31. The van der Waals surface area contributed by atoms with Crippen molar-refractivity contribution in [1.29, 1.82) is 0 Å². The van der Waals surface area contributed by atoms with Crippen LogP contribution in [0.25, 0.3) is 0 Å². The van der Waals surface area contributed by atoms with Crippen LogP contribution >= 0.6 is 0 Å². The molecular weight excluding hydrogens is 255 g/mol. The number of hydrogen-bond donors (Lipinski definition) is 0. The highest BCUT2D eigenvalue weighted by Gasteiger charge is 2.32. The van der Waals surface area contributed by atoms with Crippen molar-refractivity contribution in [3.05, 3.63) is 29.8 Å². The molecule has 0 bridgehead atoms. The van der Waals surface area contributed by atoms with Crippen LogP contribution in [0.3, 0.4) is 0 Å². The first-order chi connectivity index (χ1) is 7.81. The van der Waals surface area contributed by atoms with E-state index < -0.39 is 21.8 Å². The summed E-state index contributed by atoms with van der Waals surface area (Å²) in [6, 6.07) is 4.16. The molecule has 0 unspecified atom stereocenters. The summed E-state index contributed by atoms with van der Waals surface area (Å²) in [4.78, 5) is 0. The number of halogens is 3. The highest BCUT2D eigenvalue weighted by atomic mass is 32.2. The highest BCUT2D eigenvalue weighted by molar-refractivity contribution is 7.93. The zero-order valence-corrected chi connectivity index (χ0v) is 9.55. The molecule has 2 rings (SSSR count). The third-order valence-corrected chi connectivity index (χ3v) is 4.45. The average molecular weight is 265 g/mol. The lowest BCUT2D eigenvalue weighted by atomic mass is 10.2. The number of hydrogen-bond acceptors (Lipinski definition) is 2. The van der Waals surface area contributed by atoms with Gasteiger partial charge in [-0.3, -0.25) is 4.31 Å². The molecule has 0 saturated carbocycles. The number of anilines is 1. The Kier molecular flexibility index (Phi) is 2.81. The van der Waals surface area contributed by atoms with Crippen molar-refractivity contribution >= 4 is 15.7 Å². The lowest BCUT2D eigenvalue weighted by molar-refractivity contribution is -0.137. The Labute approximate surface area is 96.9 Å². The van der Waals surface area contributed by atoms with Gasteiger partial charge in [-0.2, -0.15) is 13.2 Å². The lowest BCUT2D eigenvalue weighted by Gasteiger charge is -2.17. The predicted octanol–water partition coefficient (Wildman–Crippen LogP) is 2.25. The van der Waals surface area contributed by atoms with E-state index in [2.05, 4.69) is 0 Å². The summed E-state index contributed by atoms with van der Waals surface area (Å²) in [7, 11) is -3.34. The zero-order chi connectivity index (χ0) is 12.7. The molecule has 0 N–H and O–H groups in total. The maximum atomic E-state index is 12.3. The number of rotatable bonds is 1. The molecule has 3 nitrogen and oxygen atoms in total. The molecule has 7 heteroatoms. The van der Waals surface area contributed by atoms with Gasteiger partial charge in [0.2, 0.25) is 10.0 Å². The second kappa shape index (κ2) is 3.90. The molecule has 0 radical (unpaired) electrons. The van der Waals surface area contributed by atoms with E-state index in [4.69, 9.17) is 0 Å². The molecule has 0 spiro atoms. The molecule has 0 aliphatic carbocycles. The van der Waals surface area contributed by atoms with Crippen molar-refractivity contribution in [2.24, 2.45) is 0 Å². The van der Waals surface area contributed by atoms with E-state index in [1.54, 1.807) is 0 Å². The molecule has 0 aromatic heterocycles. The lowest BCUT2D eigenvalue weighted by Crippen LogP contribution is -2.25. The van der Waals surface area contributed by atoms with Gasteiger partial charge in [0.25, 0.3) is 0 Å². The molecule has 1 aliphatic heterocycles. The van der Waals surface area contributed by atoms with Gasteiger partial charge in [0.05, 0.1) is 17.0 Å². The Hall–Kier alpha value is -1.24. The first-order valence-electron chi connectivity index (χ1n) is 4.98. The van der Waals surface area contributed by atoms with Gasteiger partial charge in [0.15, 0.2) is 0 Å². The monoisotopic (exact) mass is 265 g/mol. The number of nitrogens with zero attached hydrogens (tertiary/aromatic N) is 1. The molecule has 0 atom stereocenters. The second-order valence-corrected chi connectivity index (χ2v) is 5.80. The van der Waals surface area contributed by atoms with Crippen molar-refractivity contribution in [3.63, 3.8) is 0 Å². The zero-order valence-electron chi connectivity index (χ0n) is 8.74. The second-order valence-electron chi connectivity index (χ2n) is 3.79. The van der Waals surface area contributed by atoms with Gasteiger partial charge in [-0.1, -0.05) is 0 Å². The topological polar surface area (TPSA) is 37.4 Å². The van der Waals surface area contributed by atoms with Crippen molar-refractivity contribution in [2.75, 3.05) is 16.6 Å². The van der Waals surface area contributed by atoms with E-state index in [0.29, 0.717) is 13.0 Å². The molecule has 1 aromatic rings. The maximum absolute atomic E-state index is 12.3. The highest BCUT2D eigenvalue weighted by Crippen LogP contribution is 2.31. The fourth-order valence-electron chi connectivity index (χ4n) is 1.75. The van der Waals surface area contributed by atoms with Crippen molar-refractivity contribution in [1.82, 2.24) is 0 Å². The number of benzene rings is 1. The summed E-state index contributed by atoms with van der Waals surface area (Å²) < 4.78 is 61.2. The summed E-state index contributed by atoms with van der Waals surface area (Å²) in [6.07, 6.45) is -3.90. The van der Waals surface area contributed by atoms with E-state index in [-0.39, 0.29) is 11.4 Å². The van der Waals surface area contributed by atoms with Crippen LogP contribution in [-0.2, 0) is 16.2 Å².